The second-order valence-electron chi connectivity index (χ2n) is 9.43. The first-order valence-electron chi connectivity index (χ1n) is 12.2. The van der Waals surface area contributed by atoms with Gasteiger partial charge in [0.05, 0.1) is 23.2 Å². The first kappa shape index (κ1) is 27.7. The lowest BCUT2D eigenvalue weighted by molar-refractivity contribution is -0.0181. The highest BCUT2D eigenvalue weighted by molar-refractivity contribution is 5.93. The molecule has 2 aromatic heterocycles. The molecule has 38 heavy (non-hydrogen) atoms. The number of rotatable bonds is 5. The van der Waals surface area contributed by atoms with Crippen LogP contribution in [0.15, 0.2) is 23.3 Å². The first-order valence-corrected chi connectivity index (χ1v) is 12.2. The van der Waals surface area contributed by atoms with Crippen molar-refractivity contribution in [3.8, 4) is 5.75 Å². The molecule has 1 N–H and O–H groups in total. The van der Waals surface area contributed by atoms with Gasteiger partial charge in [0.15, 0.2) is 12.6 Å². The lowest BCUT2D eigenvalue weighted by Crippen LogP contribution is -2.52. The van der Waals surface area contributed by atoms with Crippen LogP contribution in [-0.2, 0) is 24.4 Å². The zero-order valence-electron chi connectivity index (χ0n) is 21.3. The molecule has 0 bridgehead atoms. The van der Waals surface area contributed by atoms with Crippen molar-refractivity contribution in [3.63, 3.8) is 0 Å². The quantitative estimate of drug-likeness (QED) is 0.514. The lowest BCUT2D eigenvalue weighted by atomic mass is 10.0. The van der Waals surface area contributed by atoms with E-state index in [4.69, 9.17) is 9.47 Å². The van der Waals surface area contributed by atoms with Gasteiger partial charge in [0, 0.05) is 56.7 Å². The van der Waals surface area contributed by atoms with E-state index in [2.05, 4.69) is 9.88 Å². The Bertz CT molecular complexity index is 1460. The number of piperazine rings is 1. The molecule has 12 heteroatoms. The normalized spacial score (nSPS) is 17.6. The molecule has 204 valence electrons. The summed E-state index contributed by atoms with van der Waals surface area (Å²) < 4.78 is 43.6. The Kier molecular flexibility index (Phi) is 7.91. The van der Waals surface area contributed by atoms with Crippen LogP contribution in [0.3, 0.4) is 0 Å². The van der Waals surface area contributed by atoms with Gasteiger partial charge in [-0.15, -0.1) is 12.4 Å². The topological polar surface area (TPSA) is 97.1 Å². The van der Waals surface area contributed by atoms with Crippen LogP contribution < -0.4 is 15.1 Å². The van der Waals surface area contributed by atoms with Gasteiger partial charge < -0.3 is 24.0 Å². The number of aromatic nitrogens is 2. The third kappa shape index (κ3) is 4.70. The van der Waals surface area contributed by atoms with Crippen LogP contribution in [-0.4, -0.2) is 58.0 Å². The summed E-state index contributed by atoms with van der Waals surface area (Å²) in [6, 6.07) is 0.907. The highest BCUT2D eigenvalue weighted by Crippen LogP contribution is 2.33. The molecule has 0 aliphatic carbocycles. The van der Waals surface area contributed by atoms with E-state index in [9.17, 15) is 14.7 Å². The molecule has 2 aliphatic rings. The molecule has 0 radical (unpaired) electrons. The molecule has 9 nitrogen and oxygen atoms in total. The molecule has 1 aromatic carbocycles. The molecule has 4 heterocycles. The van der Waals surface area contributed by atoms with E-state index < -0.39 is 28.6 Å². The van der Waals surface area contributed by atoms with Gasteiger partial charge in [0.25, 0.3) is 0 Å². The predicted molar refractivity (Wildman–Crippen MR) is 139 cm³/mol. The zero-order chi connectivity index (χ0) is 26.4. The number of carboxylic acid groups (broad SMARTS) is 1. The Morgan fingerprint density at radius 2 is 2.05 bits per heavy atom. The van der Waals surface area contributed by atoms with Crippen molar-refractivity contribution in [2.24, 2.45) is 0 Å². The smallest absolute Gasteiger partial charge is 0.341 e. The van der Waals surface area contributed by atoms with E-state index in [1.54, 1.807) is 11.8 Å². The van der Waals surface area contributed by atoms with Gasteiger partial charge in [-0.05, 0) is 32.4 Å². The largest absolute Gasteiger partial charge is 0.477 e. The van der Waals surface area contributed by atoms with Gasteiger partial charge in [-0.2, -0.15) is 0 Å². The molecular formula is C26H29ClF2N4O5. The molecule has 0 spiro atoms. The summed E-state index contributed by atoms with van der Waals surface area (Å²) in [6.07, 6.45) is 2.94. The van der Waals surface area contributed by atoms with E-state index in [0.717, 1.165) is 34.8 Å². The van der Waals surface area contributed by atoms with E-state index >= 15 is 8.78 Å². The molecule has 1 saturated heterocycles. The fourth-order valence-electron chi connectivity index (χ4n) is 5.23. The Labute approximate surface area is 224 Å². The maximum atomic E-state index is 15.8. The minimum absolute atomic E-state index is 0. The van der Waals surface area contributed by atoms with Gasteiger partial charge in [-0.25, -0.2) is 13.6 Å². The summed E-state index contributed by atoms with van der Waals surface area (Å²) in [6.45, 7) is 8.29. The SMILES string of the molecule is CCn1cc(C(=O)O)c(=O)c2cc(F)c(N3CCN(Cc4cnc(C)c5c4COCO5)C(C)C3)c(F)c21.Cl. The van der Waals surface area contributed by atoms with Crippen LogP contribution >= 0.6 is 12.4 Å². The van der Waals surface area contributed by atoms with Gasteiger partial charge >= 0.3 is 5.97 Å². The summed E-state index contributed by atoms with van der Waals surface area (Å²) in [5, 5.41) is 9.07. The van der Waals surface area contributed by atoms with E-state index in [1.807, 2.05) is 20.0 Å². The summed E-state index contributed by atoms with van der Waals surface area (Å²) in [5.41, 5.74) is 1.04. The fraction of sp³-hybridized carbons (Fsp3) is 0.423. The average molecular weight is 551 g/mol. The van der Waals surface area contributed by atoms with Crippen LogP contribution in [0.4, 0.5) is 14.5 Å². The Morgan fingerprint density at radius 1 is 1.29 bits per heavy atom. The van der Waals surface area contributed by atoms with Gasteiger partial charge in [0.1, 0.15) is 22.8 Å². The van der Waals surface area contributed by atoms with E-state index in [-0.39, 0.29) is 48.4 Å². The van der Waals surface area contributed by atoms with Crippen LogP contribution in [0, 0.1) is 18.6 Å². The van der Waals surface area contributed by atoms with Crippen molar-refractivity contribution in [2.45, 2.75) is 46.5 Å². The number of anilines is 1. The summed E-state index contributed by atoms with van der Waals surface area (Å²) in [7, 11) is 0. The molecule has 5 rings (SSSR count). The number of ether oxygens (including phenoxy) is 2. The predicted octanol–water partition coefficient (Wildman–Crippen LogP) is 3.70. The number of hydrogen-bond acceptors (Lipinski definition) is 7. The summed E-state index contributed by atoms with van der Waals surface area (Å²) in [4.78, 5) is 32.5. The van der Waals surface area contributed by atoms with Crippen molar-refractivity contribution in [3.05, 3.63) is 62.7 Å². The second-order valence-corrected chi connectivity index (χ2v) is 9.43. The Morgan fingerprint density at radius 3 is 2.74 bits per heavy atom. The third-order valence-electron chi connectivity index (χ3n) is 7.19. The number of pyridine rings is 2. The van der Waals surface area contributed by atoms with E-state index in [1.165, 1.54) is 4.57 Å². The summed E-state index contributed by atoms with van der Waals surface area (Å²) >= 11 is 0. The van der Waals surface area contributed by atoms with Crippen molar-refractivity contribution in [1.82, 2.24) is 14.5 Å². The molecule has 0 amide bonds. The van der Waals surface area contributed by atoms with Crippen molar-refractivity contribution in [2.75, 3.05) is 31.3 Å². The summed E-state index contributed by atoms with van der Waals surface area (Å²) in [5.74, 6) is -2.44. The standard InChI is InChI=1S/C26H28F2N4O5.ClH/c1-4-30-11-18(26(34)35)24(33)17-7-20(27)23(21(28)22(17)30)32-6-5-31(14(2)9-32)10-16-8-29-15(3)25-19(16)12-36-13-37-25;/h7-8,11,14H,4-6,9-10,12-13H2,1-3H3,(H,34,35);1H. The fourth-order valence-corrected chi connectivity index (χ4v) is 5.23. The number of fused-ring (bicyclic) bond motifs is 2. The molecule has 1 atom stereocenters. The number of aryl methyl sites for hydroxylation is 2. The van der Waals surface area contributed by atoms with Crippen LogP contribution in [0.2, 0.25) is 0 Å². The minimum atomic E-state index is -1.44. The monoisotopic (exact) mass is 550 g/mol. The molecule has 0 saturated carbocycles. The van der Waals surface area contributed by atoms with Crippen molar-refractivity contribution >= 4 is 35.0 Å². The maximum absolute atomic E-state index is 15.8. The van der Waals surface area contributed by atoms with Crippen LogP contribution in [0.25, 0.3) is 10.9 Å². The number of carbonyl (C=O) groups is 1. The average Bonchev–Trinajstić information content (AvgIpc) is 2.87. The lowest BCUT2D eigenvalue weighted by Gasteiger charge is -2.41. The van der Waals surface area contributed by atoms with Crippen molar-refractivity contribution in [1.29, 1.82) is 0 Å². The Balaban J connectivity index is 0.00000336. The van der Waals surface area contributed by atoms with Gasteiger partial charge in [-0.1, -0.05) is 0 Å². The second kappa shape index (κ2) is 10.8. The number of hydrogen-bond donors (Lipinski definition) is 1. The number of halogens is 3. The minimum Gasteiger partial charge on any atom is -0.477 e. The maximum Gasteiger partial charge on any atom is 0.341 e. The van der Waals surface area contributed by atoms with Crippen molar-refractivity contribution < 1.29 is 28.2 Å². The molecule has 1 fully saturated rings. The Hall–Kier alpha value is -3.28. The molecule has 3 aromatic rings. The third-order valence-corrected chi connectivity index (χ3v) is 7.19. The highest BCUT2D eigenvalue weighted by Gasteiger charge is 2.31. The number of benzene rings is 1. The first-order chi connectivity index (χ1) is 17.7. The molecule has 1 unspecified atom stereocenters. The van der Waals surface area contributed by atoms with Crippen LogP contribution in [0.1, 0.15) is 41.0 Å². The number of carboxylic acids is 1. The number of nitrogens with zero attached hydrogens (tertiary/aromatic N) is 4. The van der Waals surface area contributed by atoms with E-state index in [0.29, 0.717) is 32.8 Å². The molecular weight excluding hydrogens is 522 g/mol. The zero-order valence-corrected chi connectivity index (χ0v) is 22.1. The van der Waals surface area contributed by atoms with Gasteiger partial charge in [-0.3, -0.25) is 14.7 Å². The highest BCUT2D eigenvalue weighted by atomic mass is 35.5. The molecule has 2 aliphatic heterocycles. The van der Waals surface area contributed by atoms with Crippen LogP contribution in [0.5, 0.6) is 5.75 Å². The van der Waals surface area contributed by atoms with Gasteiger partial charge in [0.2, 0.25) is 5.43 Å². The number of aromatic carboxylic acids is 1.